The van der Waals surface area contributed by atoms with Crippen LogP contribution < -0.4 is 10.1 Å². The van der Waals surface area contributed by atoms with Gasteiger partial charge in [-0.3, -0.25) is 4.79 Å². The molecule has 11 heteroatoms. The zero-order chi connectivity index (χ0) is 27.8. The fourth-order valence-corrected chi connectivity index (χ4v) is 3.97. The predicted octanol–water partition coefficient (Wildman–Crippen LogP) is 0.740. The number of alkyl halides is 1. The smallest absolute Gasteiger partial charge is 0.224 e. The molecule has 0 spiro atoms. The van der Waals surface area contributed by atoms with Crippen molar-refractivity contribution in [3.63, 3.8) is 0 Å². The molecule has 1 fully saturated rings. The first kappa shape index (κ1) is 29.9. The van der Waals surface area contributed by atoms with E-state index in [1.807, 2.05) is 31.2 Å². The van der Waals surface area contributed by atoms with E-state index in [1.165, 1.54) is 0 Å². The number of benzene rings is 2. The van der Waals surface area contributed by atoms with Crippen LogP contribution in [-0.2, 0) is 20.7 Å². The predicted molar refractivity (Wildman–Crippen MR) is 134 cm³/mol. The lowest BCUT2D eigenvalue weighted by molar-refractivity contribution is -0.293. The Morgan fingerprint density at radius 1 is 1.05 bits per heavy atom. The maximum atomic E-state index is 14.0. The van der Waals surface area contributed by atoms with Crippen molar-refractivity contribution in [3.05, 3.63) is 59.7 Å². The summed E-state index contributed by atoms with van der Waals surface area (Å²) in [6.07, 6.45) is -11.1. The number of halogens is 1. The molecule has 0 radical (unpaired) electrons. The third-order valence-electron chi connectivity index (χ3n) is 6.35. The topological polar surface area (TPSA) is 158 Å². The third kappa shape index (κ3) is 7.93. The molecule has 2 unspecified atom stereocenters. The lowest BCUT2D eigenvalue weighted by atomic mass is 10.0. The largest absolute Gasteiger partial charge is 0.457 e. The Kier molecular flexibility index (Phi) is 11.0. The molecule has 8 atom stereocenters. The molecule has 0 saturated carbocycles. The highest BCUT2D eigenvalue weighted by Gasteiger charge is 2.45. The van der Waals surface area contributed by atoms with Crippen molar-refractivity contribution in [2.75, 3.05) is 13.2 Å². The highest BCUT2D eigenvalue weighted by atomic mass is 19.1. The van der Waals surface area contributed by atoms with Gasteiger partial charge >= 0.3 is 0 Å². The molecule has 2 aromatic carbocycles. The number of hydrogen-bond acceptors (Lipinski definition) is 9. The Balaban J connectivity index is 1.60. The van der Waals surface area contributed by atoms with Crippen LogP contribution in [-0.4, -0.2) is 93.7 Å². The van der Waals surface area contributed by atoms with E-state index in [-0.39, 0.29) is 12.8 Å². The van der Waals surface area contributed by atoms with Gasteiger partial charge in [-0.2, -0.15) is 0 Å². The summed E-state index contributed by atoms with van der Waals surface area (Å²) in [5, 5.41) is 52.6. The van der Waals surface area contributed by atoms with Crippen molar-refractivity contribution in [1.82, 2.24) is 5.32 Å². The summed E-state index contributed by atoms with van der Waals surface area (Å²) in [6, 6.07) is 13.4. The normalized spacial score (nSPS) is 25.8. The van der Waals surface area contributed by atoms with Gasteiger partial charge < -0.3 is 45.1 Å². The van der Waals surface area contributed by atoms with Crippen LogP contribution in [0.1, 0.15) is 24.5 Å². The molecular weight excluding hydrogens is 501 g/mol. The van der Waals surface area contributed by atoms with Crippen molar-refractivity contribution in [2.24, 2.45) is 0 Å². The molecule has 10 nitrogen and oxygen atoms in total. The first-order valence-electron chi connectivity index (χ1n) is 12.5. The van der Waals surface area contributed by atoms with Crippen LogP contribution in [0, 0.1) is 6.92 Å². The Morgan fingerprint density at radius 3 is 2.24 bits per heavy atom. The van der Waals surface area contributed by atoms with Crippen LogP contribution in [0.25, 0.3) is 0 Å². The van der Waals surface area contributed by atoms with E-state index < -0.39 is 68.1 Å². The number of aliphatic hydroxyl groups is 5. The minimum absolute atomic E-state index is 0.0480. The zero-order valence-electron chi connectivity index (χ0n) is 21.3. The summed E-state index contributed by atoms with van der Waals surface area (Å²) >= 11 is 0. The molecule has 210 valence electrons. The molecule has 0 aromatic heterocycles. The number of carbonyl (C=O) groups is 1. The van der Waals surface area contributed by atoms with Crippen molar-refractivity contribution in [2.45, 2.75) is 75.7 Å². The fourth-order valence-electron chi connectivity index (χ4n) is 3.97. The van der Waals surface area contributed by atoms with Gasteiger partial charge in [0.2, 0.25) is 5.91 Å². The Labute approximate surface area is 220 Å². The maximum Gasteiger partial charge on any atom is 0.224 e. The van der Waals surface area contributed by atoms with Gasteiger partial charge in [0.15, 0.2) is 12.5 Å². The van der Waals surface area contributed by atoms with E-state index in [4.69, 9.17) is 14.2 Å². The van der Waals surface area contributed by atoms with Gasteiger partial charge in [0.25, 0.3) is 0 Å². The SMILES string of the molecule is CC[C@@H](O)[C@@H](O)[C@H](CO[C@H]1OC(CO)[C@@H](F)C(O)[C@@H]1O)NC(=O)Cc1ccc(Oc2ccc(C)cc2)cc1. The first-order chi connectivity index (χ1) is 18.1. The lowest BCUT2D eigenvalue weighted by Gasteiger charge is -2.39. The number of ether oxygens (including phenoxy) is 3. The molecular formula is C27H36FNO9. The number of amides is 1. The van der Waals surface area contributed by atoms with Gasteiger partial charge in [0.1, 0.15) is 35.9 Å². The average Bonchev–Trinajstić information content (AvgIpc) is 2.92. The highest BCUT2D eigenvalue weighted by molar-refractivity contribution is 5.79. The second-order valence-electron chi connectivity index (χ2n) is 9.36. The molecule has 1 aliphatic rings. The molecule has 1 amide bonds. The number of aliphatic hydroxyl groups excluding tert-OH is 5. The van der Waals surface area contributed by atoms with E-state index >= 15 is 0 Å². The monoisotopic (exact) mass is 537 g/mol. The molecule has 2 aromatic rings. The number of hydrogen-bond donors (Lipinski definition) is 6. The zero-order valence-corrected chi connectivity index (χ0v) is 21.3. The quantitative estimate of drug-likeness (QED) is 0.230. The molecule has 1 heterocycles. The van der Waals surface area contributed by atoms with Gasteiger partial charge in [-0.05, 0) is 43.2 Å². The van der Waals surface area contributed by atoms with Gasteiger partial charge in [-0.25, -0.2) is 4.39 Å². The van der Waals surface area contributed by atoms with Gasteiger partial charge in [-0.1, -0.05) is 36.8 Å². The second kappa shape index (κ2) is 13.9. The van der Waals surface area contributed by atoms with E-state index in [9.17, 15) is 34.7 Å². The summed E-state index contributed by atoms with van der Waals surface area (Å²) in [4.78, 5) is 12.8. The van der Waals surface area contributed by atoms with Crippen LogP contribution in [0.15, 0.2) is 48.5 Å². The molecule has 38 heavy (non-hydrogen) atoms. The molecule has 1 aliphatic heterocycles. The van der Waals surface area contributed by atoms with Gasteiger partial charge in [-0.15, -0.1) is 0 Å². The van der Waals surface area contributed by atoms with E-state index in [0.717, 1.165) is 5.56 Å². The Morgan fingerprint density at radius 2 is 1.66 bits per heavy atom. The number of carbonyl (C=O) groups excluding carboxylic acids is 1. The molecule has 1 saturated heterocycles. The van der Waals surface area contributed by atoms with Crippen molar-refractivity contribution in [1.29, 1.82) is 0 Å². The first-order valence-corrected chi connectivity index (χ1v) is 12.5. The van der Waals surface area contributed by atoms with Crippen molar-refractivity contribution >= 4 is 5.91 Å². The van der Waals surface area contributed by atoms with E-state index in [2.05, 4.69) is 5.32 Å². The molecule has 6 N–H and O–H groups in total. The molecule has 0 bridgehead atoms. The summed E-state index contributed by atoms with van der Waals surface area (Å²) in [6.45, 7) is 2.44. The van der Waals surface area contributed by atoms with Gasteiger partial charge in [0, 0.05) is 0 Å². The highest BCUT2D eigenvalue weighted by Crippen LogP contribution is 2.25. The van der Waals surface area contributed by atoms with Crippen LogP contribution in [0.3, 0.4) is 0 Å². The number of nitrogens with one attached hydrogen (secondary N) is 1. The average molecular weight is 538 g/mol. The minimum Gasteiger partial charge on any atom is -0.457 e. The number of rotatable bonds is 12. The summed E-state index contributed by atoms with van der Waals surface area (Å²) in [5.74, 6) is 0.797. The van der Waals surface area contributed by atoms with Crippen LogP contribution >= 0.6 is 0 Å². The van der Waals surface area contributed by atoms with Crippen molar-refractivity contribution < 1.29 is 48.9 Å². The van der Waals surface area contributed by atoms with Gasteiger partial charge in [0.05, 0.1) is 31.8 Å². The van der Waals surface area contributed by atoms with E-state index in [1.54, 1.807) is 31.2 Å². The third-order valence-corrected chi connectivity index (χ3v) is 6.35. The van der Waals surface area contributed by atoms with Crippen LogP contribution in [0.5, 0.6) is 11.5 Å². The molecule has 0 aliphatic carbocycles. The summed E-state index contributed by atoms with van der Waals surface area (Å²) < 4.78 is 30.4. The Bertz CT molecular complexity index is 1000. The fraction of sp³-hybridized carbons (Fsp3) is 0.519. The van der Waals surface area contributed by atoms with Crippen LogP contribution in [0.2, 0.25) is 0 Å². The Hall–Kier alpha value is -2.64. The summed E-state index contributed by atoms with van der Waals surface area (Å²) in [5.41, 5.74) is 1.78. The summed E-state index contributed by atoms with van der Waals surface area (Å²) in [7, 11) is 0. The number of aryl methyl sites for hydroxylation is 1. The molecule has 3 rings (SSSR count). The lowest BCUT2D eigenvalue weighted by Crippen LogP contribution is -2.59. The minimum atomic E-state index is -2.02. The second-order valence-corrected chi connectivity index (χ2v) is 9.36. The van der Waals surface area contributed by atoms with Crippen LogP contribution in [0.4, 0.5) is 4.39 Å². The maximum absolute atomic E-state index is 14.0. The van der Waals surface area contributed by atoms with Crippen molar-refractivity contribution in [3.8, 4) is 11.5 Å². The standard InChI is InChI=1S/C27H36FNO9/c1-3-20(31)24(33)19(14-36-27-26(35)25(34)23(28)21(13-30)38-27)29-22(32)12-16-6-10-18(11-7-16)37-17-8-4-15(2)5-9-17/h4-11,19-21,23-27,30-31,33-35H,3,12-14H2,1-2H3,(H,29,32)/t19-,20+,21?,23+,24-,25?,26-,27-/m0/s1. The van der Waals surface area contributed by atoms with E-state index in [0.29, 0.717) is 17.1 Å².